The Labute approximate surface area is 164 Å². The van der Waals surface area contributed by atoms with E-state index in [0.717, 1.165) is 37.8 Å². The molecule has 1 N–H and O–H groups in total. The predicted octanol–water partition coefficient (Wildman–Crippen LogP) is 4.70. The first-order valence-electron chi connectivity index (χ1n) is 9.34. The smallest absolute Gasteiger partial charge is 0.272 e. The van der Waals surface area contributed by atoms with Gasteiger partial charge in [0.25, 0.3) is 11.8 Å². The summed E-state index contributed by atoms with van der Waals surface area (Å²) in [6.45, 7) is 4.69. The Morgan fingerprint density at radius 3 is 2.89 bits per heavy atom. The number of anilines is 1. The second kappa shape index (κ2) is 8.53. The predicted molar refractivity (Wildman–Crippen MR) is 107 cm³/mol. The van der Waals surface area contributed by atoms with Crippen LogP contribution in [-0.2, 0) is 0 Å². The second-order valence-electron chi connectivity index (χ2n) is 6.85. The highest BCUT2D eigenvalue weighted by Crippen LogP contribution is 2.24. The van der Waals surface area contributed by atoms with E-state index in [9.17, 15) is 9.59 Å². The molecule has 0 radical (unpaired) electrons. The number of rotatable bonds is 4. The first-order chi connectivity index (χ1) is 13.0. The van der Waals surface area contributed by atoms with Gasteiger partial charge in [-0.05, 0) is 62.4 Å². The van der Waals surface area contributed by atoms with E-state index in [1.807, 2.05) is 11.8 Å². The molecule has 1 atom stereocenters. The molecule has 2 aromatic rings. The van der Waals surface area contributed by atoms with E-state index in [2.05, 4.69) is 17.2 Å². The standard InChI is InChI=1S/C21H24ClN3O2/c1-3-16-7-4-5-12-25(16)21(27)19-13-15(10-11-23-19)20(26)24-18-9-6-8-17(22)14(18)2/h6,8-11,13,16H,3-5,7,12H2,1-2H3,(H,24,26). The lowest BCUT2D eigenvalue weighted by Crippen LogP contribution is -2.43. The highest BCUT2D eigenvalue weighted by atomic mass is 35.5. The SMILES string of the molecule is CCC1CCCCN1C(=O)c1cc(C(=O)Nc2cccc(Cl)c2C)ccn1. The number of hydrogen-bond donors (Lipinski definition) is 1. The molecular formula is C21H24ClN3O2. The Morgan fingerprint density at radius 1 is 1.30 bits per heavy atom. The number of nitrogens with one attached hydrogen (secondary N) is 1. The van der Waals surface area contributed by atoms with Crippen molar-refractivity contribution in [2.45, 2.75) is 45.6 Å². The van der Waals surface area contributed by atoms with Crippen LogP contribution in [0.1, 0.15) is 59.0 Å². The van der Waals surface area contributed by atoms with Crippen LogP contribution in [0.4, 0.5) is 5.69 Å². The van der Waals surface area contributed by atoms with Crippen LogP contribution in [-0.4, -0.2) is 34.3 Å². The van der Waals surface area contributed by atoms with Gasteiger partial charge in [-0.15, -0.1) is 0 Å². The number of benzene rings is 1. The Kier molecular flexibility index (Phi) is 6.11. The first-order valence-corrected chi connectivity index (χ1v) is 9.72. The topological polar surface area (TPSA) is 62.3 Å². The van der Waals surface area contributed by atoms with Crippen molar-refractivity contribution in [1.29, 1.82) is 0 Å². The van der Waals surface area contributed by atoms with Gasteiger partial charge in [0.05, 0.1) is 0 Å². The zero-order chi connectivity index (χ0) is 19.4. The summed E-state index contributed by atoms with van der Waals surface area (Å²) < 4.78 is 0. The number of carbonyl (C=O) groups is 2. The van der Waals surface area contributed by atoms with Gasteiger partial charge in [-0.2, -0.15) is 0 Å². The van der Waals surface area contributed by atoms with Crippen molar-refractivity contribution in [3.8, 4) is 0 Å². The van der Waals surface area contributed by atoms with Gasteiger partial charge in [-0.1, -0.05) is 24.6 Å². The zero-order valence-electron chi connectivity index (χ0n) is 15.7. The maximum Gasteiger partial charge on any atom is 0.272 e. The minimum absolute atomic E-state index is 0.102. The molecule has 2 amide bonds. The van der Waals surface area contributed by atoms with E-state index in [0.29, 0.717) is 22.0 Å². The molecule has 1 aromatic carbocycles. The summed E-state index contributed by atoms with van der Waals surface area (Å²) >= 11 is 6.11. The molecule has 1 saturated heterocycles. The number of hydrogen-bond acceptors (Lipinski definition) is 3. The number of nitrogens with zero attached hydrogens (tertiary/aromatic N) is 2. The van der Waals surface area contributed by atoms with E-state index in [1.54, 1.807) is 30.3 Å². The first kappa shape index (κ1) is 19.4. The number of likely N-dealkylation sites (tertiary alicyclic amines) is 1. The maximum absolute atomic E-state index is 12.9. The minimum Gasteiger partial charge on any atom is -0.334 e. The third-order valence-corrected chi connectivity index (χ3v) is 5.53. The molecule has 2 heterocycles. The lowest BCUT2D eigenvalue weighted by atomic mass is 9.99. The zero-order valence-corrected chi connectivity index (χ0v) is 16.4. The molecule has 3 rings (SSSR count). The third-order valence-electron chi connectivity index (χ3n) is 5.12. The normalized spacial score (nSPS) is 16.9. The largest absolute Gasteiger partial charge is 0.334 e. The fourth-order valence-corrected chi connectivity index (χ4v) is 3.64. The fourth-order valence-electron chi connectivity index (χ4n) is 3.47. The molecule has 142 valence electrons. The van der Waals surface area contributed by atoms with Crippen molar-refractivity contribution in [1.82, 2.24) is 9.88 Å². The van der Waals surface area contributed by atoms with Crippen LogP contribution in [0.15, 0.2) is 36.5 Å². The number of carbonyl (C=O) groups excluding carboxylic acids is 2. The van der Waals surface area contributed by atoms with Gasteiger partial charge in [0.2, 0.25) is 0 Å². The molecule has 27 heavy (non-hydrogen) atoms. The molecule has 5 nitrogen and oxygen atoms in total. The molecule has 1 aliphatic rings. The van der Waals surface area contributed by atoms with Crippen LogP contribution >= 0.6 is 11.6 Å². The van der Waals surface area contributed by atoms with Gasteiger partial charge in [0.15, 0.2) is 0 Å². The van der Waals surface area contributed by atoms with Gasteiger partial charge in [0, 0.05) is 35.1 Å². The molecule has 0 spiro atoms. The van der Waals surface area contributed by atoms with Gasteiger partial charge in [0.1, 0.15) is 5.69 Å². The maximum atomic E-state index is 12.9. The van der Waals surface area contributed by atoms with Crippen molar-refractivity contribution >= 4 is 29.1 Å². The van der Waals surface area contributed by atoms with E-state index in [1.165, 1.54) is 6.20 Å². The Hall–Kier alpha value is -2.40. The van der Waals surface area contributed by atoms with E-state index < -0.39 is 0 Å². The lowest BCUT2D eigenvalue weighted by Gasteiger charge is -2.35. The third kappa shape index (κ3) is 4.30. The summed E-state index contributed by atoms with van der Waals surface area (Å²) in [5, 5.41) is 3.45. The molecule has 0 bridgehead atoms. The number of aromatic nitrogens is 1. The number of amides is 2. The molecule has 0 saturated carbocycles. The highest BCUT2D eigenvalue weighted by molar-refractivity contribution is 6.31. The van der Waals surface area contributed by atoms with Gasteiger partial charge >= 0.3 is 0 Å². The van der Waals surface area contributed by atoms with Crippen molar-refractivity contribution in [2.75, 3.05) is 11.9 Å². The average Bonchev–Trinajstić information content (AvgIpc) is 2.71. The number of halogens is 1. The Balaban J connectivity index is 1.79. The average molecular weight is 386 g/mol. The van der Waals surface area contributed by atoms with Crippen molar-refractivity contribution in [3.63, 3.8) is 0 Å². The van der Waals surface area contributed by atoms with Gasteiger partial charge in [-0.3, -0.25) is 14.6 Å². The summed E-state index contributed by atoms with van der Waals surface area (Å²) in [5.74, 6) is -0.391. The van der Waals surface area contributed by atoms with Crippen LogP contribution in [0.25, 0.3) is 0 Å². The van der Waals surface area contributed by atoms with Crippen LogP contribution in [0.2, 0.25) is 5.02 Å². The molecule has 1 unspecified atom stereocenters. The molecule has 1 fully saturated rings. The molecule has 1 aliphatic heterocycles. The Morgan fingerprint density at radius 2 is 2.11 bits per heavy atom. The van der Waals surface area contributed by atoms with Crippen LogP contribution in [0.5, 0.6) is 0 Å². The van der Waals surface area contributed by atoms with Crippen molar-refractivity contribution in [2.24, 2.45) is 0 Å². The highest BCUT2D eigenvalue weighted by Gasteiger charge is 2.27. The van der Waals surface area contributed by atoms with Crippen molar-refractivity contribution in [3.05, 3.63) is 58.4 Å². The second-order valence-corrected chi connectivity index (χ2v) is 7.26. The Bertz CT molecular complexity index is 853. The summed E-state index contributed by atoms with van der Waals surface area (Å²) in [7, 11) is 0. The molecular weight excluding hydrogens is 362 g/mol. The van der Waals surface area contributed by atoms with E-state index in [-0.39, 0.29) is 17.9 Å². The summed E-state index contributed by atoms with van der Waals surface area (Å²) in [4.78, 5) is 31.7. The van der Waals surface area contributed by atoms with Gasteiger partial charge in [-0.25, -0.2) is 0 Å². The van der Waals surface area contributed by atoms with Gasteiger partial charge < -0.3 is 10.2 Å². The number of pyridine rings is 1. The van der Waals surface area contributed by atoms with Crippen molar-refractivity contribution < 1.29 is 9.59 Å². The summed E-state index contributed by atoms with van der Waals surface area (Å²) in [5.41, 5.74) is 2.17. The molecule has 0 aliphatic carbocycles. The summed E-state index contributed by atoms with van der Waals surface area (Å²) in [6, 6.07) is 8.79. The van der Waals surface area contributed by atoms with Crippen LogP contribution in [0, 0.1) is 6.92 Å². The monoisotopic (exact) mass is 385 g/mol. The summed E-state index contributed by atoms with van der Waals surface area (Å²) in [6.07, 6.45) is 5.63. The number of piperidine rings is 1. The minimum atomic E-state index is -0.289. The van der Waals surface area contributed by atoms with Crippen LogP contribution in [0.3, 0.4) is 0 Å². The van der Waals surface area contributed by atoms with E-state index in [4.69, 9.17) is 11.6 Å². The fraction of sp³-hybridized carbons (Fsp3) is 0.381. The quantitative estimate of drug-likeness (QED) is 0.829. The van der Waals surface area contributed by atoms with Crippen LogP contribution < -0.4 is 5.32 Å². The molecule has 6 heteroatoms. The lowest BCUT2D eigenvalue weighted by molar-refractivity contribution is 0.0602. The molecule has 1 aromatic heterocycles. The van der Waals surface area contributed by atoms with E-state index >= 15 is 0 Å².